The predicted molar refractivity (Wildman–Crippen MR) is 110 cm³/mol. The first-order valence-corrected chi connectivity index (χ1v) is 9.73. The fourth-order valence-electron chi connectivity index (χ4n) is 3.59. The fourth-order valence-corrected chi connectivity index (χ4v) is 3.59. The van der Waals surface area contributed by atoms with Crippen LogP contribution in [0.25, 0.3) is 11.3 Å². The van der Waals surface area contributed by atoms with Gasteiger partial charge in [-0.2, -0.15) is 5.10 Å². The normalized spacial score (nSPS) is 16.4. The van der Waals surface area contributed by atoms with Crippen LogP contribution >= 0.6 is 0 Å². The van der Waals surface area contributed by atoms with Crippen LogP contribution < -0.4 is 5.32 Å². The first-order valence-electron chi connectivity index (χ1n) is 9.73. The summed E-state index contributed by atoms with van der Waals surface area (Å²) in [7, 11) is 0. The van der Waals surface area contributed by atoms with E-state index in [1.807, 2.05) is 43.3 Å². The number of hydrogen-bond acceptors (Lipinski definition) is 4. The van der Waals surface area contributed by atoms with Crippen LogP contribution in [-0.2, 0) is 4.79 Å². The Labute approximate surface area is 169 Å². The lowest BCUT2D eigenvalue weighted by Gasteiger charge is -2.31. The molecule has 29 heavy (non-hydrogen) atoms. The van der Waals surface area contributed by atoms with E-state index in [2.05, 4.69) is 20.5 Å². The lowest BCUT2D eigenvalue weighted by atomic mass is 9.96. The Balaban J connectivity index is 1.43. The maximum Gasteiger partial charge on any atom is 0.271 e. The standard InChI is InChI=1S/C22H23N5O2/c1-15-6-2-3-9-18(15)24-21(28)17-8-5-11-27(14-17)22(29)20-12-19(25-26-20)16-7-4-10-23-13-16/h2-4,6-7,9-10,12-13,17H,5,8,11,14H2,1H3,(H,24,28)(H,25,26)/t17-/m0/s1. The van der Waals surface area contributed by atoms with Crippen LogP contribution in [0.1, 0.15) is 28.9 Å². The number of anilines is 1. The summed E-state index contributed by atoms with van der Waals surface area (Å²) < 4.78 is 0. The Morgan fingerprint density at radius 3 is 2.86 bits per heavy atom. The van der Waals surface area contributed by atoms with Crippen LogP contribution in [0.5, 0.6) is 0 Å². The quantitative estimate of drug-likeness (QED) is 0.716. The number of likely N-dealkylation sites (tertiary alicyclic amines) is 1. The van der Waals surface area contributed by atoms with Crippen molar-refractivity contribution in [3.8, 4) is 11.3 Å². The summed E-state index contributed by atoms with van der Waals surface area (Å²) in [5, 5.41) is 10.1. The van der Waals surface area contributed by atoms with Crippen molar-refractivity contribution in [2.24, 2.45) is 5.92 Å². The lowest BCUT2D eigenvalue weighted by Crippen LogP contribution is -2.44. The van der Waals surface area contributed by atoms with Gasteiger partial charge in [-0.3, -0.25) is 19.7 Å². The zero-order chi connectivity index (χ0) is 20.2. The molecule has 2 aromatic heterocycles. The molecule has 1 saturated heterocycles. The van der Waals surface area contributed by atoms with Gasteiger partial charge in [-0.1, -0.05) is 18.2 Å². The number of pyridine rings is 1. The molecular formula is C22H23N5O2. The highest BCUT2D eigenvalue weighted by atomic mass is 16.2. The predicted octanol–water partition coefficient (Wildman–Crippen LogP) is 3.27. The topological polar surface area (TPSA) is 91.0 Å². The van der Waals surface area contributed by atoms with E-state index in [0.717, 1.165) is 29.7 Å². The van der Waals surface area contributed by atoms with Gasteiger partial charge in [0.1, 0.15) is 5.69 Å². The van der Waals surface area contributed by atoms with Gasteiger partial charge in [-0.25, -0.2) is 0 Å². The summed E-state index contributed by atoms with van der Waals surface area (Å²) in [6.45, 7) is 3.00. The number of aromatic nitrogens is 3. The molecule has 1 aliphatic rings. The van der Waals surface area contributed by atoms with Crippen molar-refractivity contribution >= 4 is 17.5 Å². The number of nitrogens with one attached hydrogen (secondary N) is 2. The molecule has 0 aliphatic carbocycles. The monoisotopic (exact) mass is 389 g/mol. The lowest BCUT2D eigenvalue weighted by molar-refractivity contribution is -0.121. The summed E-state index contributed by atoms with van der Waals surface area (Å²) in [5.74, 6) is -0.411. The number of hydrogen-bond donors (Lipinski definition) is 2. The van der Waals surface area contributed by atoms with Gasteiger partial charge in [0.05, 0.1) is 11.6 Å². The molecule has 148 valence electrons. The minimum atomic E-state index is -0.229. The first-order chi connectivity index (χ1) is 14.1. The Hall–Kier alpha value is -3.48. The number of amides is 2. The van der Waals surface area contributed by atoms with Crippen molar-refractivity contribution in [2.75, 3.05) is 18.4 Å². The highest BCUT2D eigenvalue weighted by Gasteiger charge is 2.30. The molecule has 1 fully saturated rings. The number of para-hydroxylation sites is 1. The van der Waals surface area contributed by atoms with E-state index in [4.69, 9.17) is 0 Å². The van der Waals surface area contributed by atoms with Gasteiger partial charge < -0.3 is 10.2 Å². The Morgan fingerprint density at radius 1 is 1.21 bits per heavy atom. The second kappa shape index (κ2) is 8.26. The van der Waals surface area contributed by atoms with Crippen LogP contribution in [0.15, 0.2) is 54.9 Å². The van der Waals surface area contributed by atoms with Crippen molar-refractivity contribution in [1.82, 2.24) is 20.1 Å². The van der Waals surface area contributed by atoms with Gasteiger partial charge in [0, 0.05) is 36.7 Å². The number of H-pyrrole nitrogens is 1. The molecular weight excluding hydrogens is 366 g/mol. The van der Waals surface area contributed by atoms with Gasteiger partial charge in [-0.05, 0) is 49.6 Å². The third-order valence-corrected chi connectivity index (χ3v) is 5.25. The number of benzene rings is 1. The number of carbonyl (C=O) groups excluding carboxylic acids is 2. The summed E-state index contributed by atoms with van der Waals surface area (Å²) in [4.78, 5) is 31.5. The average molecular weight is 389 g/mol. The van der Waals surface area contributed by atoms with Crippen LogP contribution in [0.2, 0.25) is 0 Å². The minimum absolute atomic E-state index is 0.0440. The highest BCUT2D eigenvalue weighted by Crippen LogP contribution is 2.23. The Bertz CT molecular complexity index is 1010. The van der Waals surface area contributed by atoms with E-state index >= 15 is 0 Å². The van der Waals surface area contributed by atoms with E-state index in [0.29, 0.717) is 24.5 Å². The number of aromatic amines is 1. The second-order valence-corrected chi connectivity index (χ2v) is 7.30. The van der Waals surface area contributed by atoms with Gasteiger partial charge in [-0.15, -0.1) is 0 Å². The third kappa shape index (κ3) is 4.18. The van der Waals surface area contributed by atoms with E-state index < -0.39 is 0 Å². The van der Waals surface area contributed by atoms with Gasteiger partial charge >= 0.3 is 0 Å². The molecule has 7 nitrogen and oxygen atoms in total. The molecule has 3 aromatic rings. The number of aryl methyl sites for hydroxylation is 1. The summed E-state index contributed by atoms with van der Waals surface area (Å²) in [5.41, 5.74) is 3.77. The molecule has 0 saturated carbocycles. The molecule has 1 aliphatic heterocycles. The van der Waals surface area contributed by atoms with Crippen molar-refractivity contribution in [1.29, 1.82) is 0 Å². The number of nitrogens with zero attached hydrogens (tertiary/aromatic N) is 3. The van der Waals surface area contributed by atoms with Crippen molar-refractivity contribution < 1.29 is 9.59 Å². The van der Waals surface area contributed by atoms with Crippen molar-refractivity contribution in [3.63, 3.8) is 0 Å². The maximum atomic E-state index is 12.9. The molecule has 0 radical (unpaired) electrons. The van der Waals surface area contributed by atoms with E-state index in [9.17, 15) is 9.59 Å². The second-order valence-electron chi connectivity index (χ2n) is 7.30. The van der Waals surface area contributed by atoms with E-state index in [-0.39, 0.29) is 17.7 Å². The van der Waals surface area contributed by atoms with Crippen molar-refractivity contribution in [2.45, 2.75) is 19.8 Å². The van der Waals surface area contributed by atoms with Gasteiger partial charge in [0.15, 0.2) is 0 Å². The molecule has 2 N–H and O–H groups in total. The summed E-state index contributed by atoms with van der Waals surface area (Å²) in [6.07, 6.45) is 4.96. The van der Waals surface area contributed by atoms with Crippen LogP contribution in [0.3, 0.4) is 0 Å². The minimum Gasteiger partial charge on any atom is -0.337 e. The van der Waals surface area contributed by atoms with Crippen LogP contribution in [0, 0.1) is 12.8 Å². The number of carbonyl (C=O) groups is 2. The largest absolute Gasteiger partial charge is 0.337 e. The summed E-state index contributed by atoms with van der Waals surface area (Å²) >= 11 is 0. The molecule has 0 bridgehead atoms. The maximum absolute atomic E-state index is 12.9. The van der Waals surface area contributed by atoms with E-state index in [1.54, 1.807) is 23.4 Å². The summed E-state index contributed by atoms with van der Waals surface area (Å²) in [6, 6.07) is 13.1. The van der Waals surface area contributed by atoms with Crippen LogP contribution in [-0.4, -0.2) is 45.0 Å². The fraction of sp³-hybridized carbons (Fsp3) is 0.273. The Kier molecular flexibility index (Phi) is 5.37. The average Bonchev–Trinajstić information content (AvgIpc) is 3.26. The third-order valence-electron chi connectivity index (χ3n) is 5.25. The molecule has 2 amide bonds. The highest BCUT2D eigenvalue weighted by molar-refractivity contribution is 5.96. The Morgan fingerprint density at radius 2 is 2.07 bits per heavy atom. The van der Waals surface area contributed by atoms with E-state index in [1.165, 1.54) is 0 Å². The van der Waals surface area contributed by atoms with Crippen molar-refractivity contribution in [3.05, 3.63) is 66.1 Å². The zero-order valence-electron chi connectivity index (χ0n) is 16.3. The first kappa shape index (κ1) is 18.9. The van der Waals surface area contributed by atoms with Gasteiger partial charge in [0.25, 0.3) is 5.91 Å². The number of piperidine rings is 1. The molecule has 7 heteroatoms. The smallest absolute Gasteiger partial charge is 0.271 e. The molecule has 3 heterocycles. The van der Waals surface area contributed by atoms with Gasteiger partial charge in [0.2, 0.25) is 5.91 Å². The molecule has 4 rings (SSSR count). The van der Waals surface area contributed by atoms with Crippen LogP contribution in [0.4, 0.5) is 5.69 Å². The number of rotatable bonds is 4. The SMILES string of the molecule is Cc1ccccc1NC(=O)[C@H]1CCCN(C(=O)c2cc(-c3cccnc3)n[nH]2)C1. The zero-order valence-corrected chi connectivity index (χ0v) is 16.3. The molecule has 1 atom stereocenters. The molecule has 0 spiro atoms. The molecule has 1 aromatic carbocycles. The molecule has 0 unspecified atom stereocenters.